The summed E-state index contributed by atoms with van der Waals surface area (Å²) in [5, 5.41) is 14.5. The van der Waals surface area contributed by atoms with Crippen molar-refractivity contribution in [3.63, 3.8) is 0 Å². The summed E-state index contributed by atoms with van der Waals surface area (Å²) in [6, 6.07) is 4.64. The summed E-state index contributed by atoms with van der Waals surface area (Å²) < 4.78 is 49.1. The Balaban J connectivity index is 2.86. The van der Waals surface area contributed by atoms with Gasteiger partial charge in [-0.3, -0.25) is 5.73 Å². The predicted molar refractivity (Wildman–Crippen MR) is 89.3 cm³/mol. The van der Waals surface area contributed by atoms with Crippen molar-refractivity contribution in [2.45, 2.75) is 19.3 Å². The Morgan fingerprint density at radius 2 is 2.16 bits per heavy atom. The molecule has 0 bridgehead atoms. The van der Waals surface area contributed by atoms with Gasteiger partial charge in [0.25, 0.3) is 0 Å². The lowest BCUT2D eigenvalue weighted by atomic mass is 10.1. The van der Waals surface area contributed by atoms with E-state index in [1.807, 2.05) is 0 Å². The van der Waals surface area contributed by atoms with Gasteiger partial charge in [-0.1, -0.05) is 0 Å². The molecule has 0 aliphatic rings. The second-order valence-corrected chi connectivity index (χ2v) is 5.22. The molecule has 0 spiro atoms. The van der Waals surface area contributed by atoms with E-state index in [1.165, 1.54) is 19.3 Å². The van der Waals surface area contributed by atoms with Crippen LogP contribution in [0.4, 0.5) is 13.2 Å². The molecule has 0 amide bonds. The third-order valence-corrected chi connectivity index (χ3v) is 3.03. The van der Waals surface area contributed by atoms with Crippen LogP contribution >= 0.6 is 12.2 Å². The number of alkyl halides is 3. The molecule has 0 aliphatic carbocycles. The molecule has 0 saturated heterocycles. The molecule has 0 fully saturated rings. The maximum atomic E-state index is 13.1. The summed E-state index contributed by atoms with van der Waals surface area (Å²) in [7, 11) is 1.48. The van der Waals surface area contributed by atoms with Gasteiger partial charge in [0.2, 0.25) is 0 Å². The van der Waals surface area contributed by atoms with Crippen LogP contribution in [0.2, 0.25) is 0 Å². The second-order valence-electron chi connectivity index (χ2n) is 4.82. The normalized spacial score (nSPS) is 12.9. The molecule has 0 heterocycles. The van der Waals surface area contributed by atoms with Crippen molar-refractivity contribution < 1.29 is 22.6 Å². The smallest absolute Gasteiger partial charge is 0.420 e. The van der Waals surface area contributed by atoms with E-state index >= 15 is 0 Å². The number of rotatable bonds is 6. The molecule has 10 heteroatoms. The highest BCUT2D eigenvalue weighted by Gasteiger charge is 2.35. The lowest BCUT2D eigenvalue weighted by Crippen LogP contribution is -2.36. The molecule has 1 rings (SSSR count). The second kappa shape index (κ2) is 9.22. The van der Waals surface area contributed by atoms with Gasteiger partial charge in [-0.2, -0.15) is 18.4 Å². The number of methoxy groups -OCH3 is 1. The molecule has 1 aromatic rings. The summed E-state index contributed by atoms with van der Waals surface area (Å²) in [5.74, 6) is -0.469. The third-order valence-electron chi connectivity index (χ3n) is 2.78. The minimum absolute atomic E-state index is 0.129. The number of nitrogens with one attached hydrogen (secondary N) is 2. The van der Waals surface area contributed by atoms with Gasteiger partial charge in [0.1, 0.15) is 12.5 Å². The van der Waals surface area contributed by atoms with Gasteiger partial charge < -0.3 is 20.1 Å². The number of benzene rings is 1. The lowest BCUT2D eigenvalue weighted by Gasteiger charge is -2.18. The largest absolute Gasteiger partial charge is 0.471 e. The zero-order valence-corrected chi connectivity index (χ0v) is 14.3. The molecule has 6 nitrogen and oxygen atoms in total. The highest BCUT2D eigenvalue weighted by molar-refractivity contribution is 7.80. The highest BCUT2D eigenvalue weighted by Crippen LogP contribution is 2.37. The van der Waals surface area contributed by atoms with E-state index in [0.29, 0.717) is 11.8 Å². The van der Waals surface area contributed by atoms with E-state index in [2.05, 4.69) is 10.6 Å². The van der Waals surface area contributed by atoms with Gasteiger partial charge in [-0.25, -0.2) is 0 Å². The van der Waals surface area contributed by atoms with E-state index < -0.39 is 23.7 Å². The van der Waals surface area contributed by atoms with Crippen LogP contribution in [0.3, 0.4) is 0 Å². The maximum absolute atomic E-state index is 13.1. The van der Waals surface area contributed by atoms with Crippen LogP contribution < -0.4 is 21.1 Å². The van der Waals surface area contributed by atoms with E-state index in [-0.39, 0.29) is 17.4 Å². The minimum atomic E-state index is -4.68. The van der Waals surface area contributed by atoms with E-state index in [0.717, 1.165) is 6.07 Å². The lowest BCUT2D eigenvalue weighted by molar-refractivity contribution is -0.139. The minimum Gasteiger partial charge on any atom is -0.471 e. The van der Waals surface area contributed by atoms with Gasteiger partial charge >= 0.3 is 6.18 Å². The van der Waals surface area contributed by atoms with Gasteiger partial charge in [0.05, 0.1) is 17.2 Å². The zero-order chi connectivity index (χ0) is 19.0. The number of halogens is 3. The van der Waals surface area contributed by atoms with Crippen molar-refractivity contribution in [3.05, 3.63) is 41.1 Å². The van der Waals surface area contributed by atoms with Crippen LogP contribution in [0.5, 0.6) is 5.75 Å². The quantitative estimate of drug-likeness (QED) is 0.519. The Morgan fingerprint density at radius 3 is 2.72 bits per heavy atom. The number of hydrogen-bond donors (Lipinski definition) is 3. The summed E-state index contributed by atoms with van der Waals surface area (Å²) in [4.78, 5) is 0. The Labute approximate surface area is 148 Å². The molecule has 0 aliphatic heterocycles. The Hall–Kier alpha value is -2.35. The summed E-state index contributed by atoms with van der Waals surface area (Å²) >= 11 is 4.97. The van der Waals surface area contributed by atoms with E-state index in [9.17, 15) is 13.2 Å². The molecule has 1 atom stereocenters. The summed E-state index contributed by atoms with van der Waals surface area (Å²) in [6.45, 7) is 1.81. The molecule has 25 heavy (non-hydrogen) atoms. The number of ether oxygens (including phenoxy) is 2. The number of hydrogen-bond acceptors (Lipinski definition) is 5. The van der Waals surface area contributed by atoms with Gasteiger partial charge in [0, 0.05) is 12.8 Å². The topological polar surface area (TPSA) is 92.3 Å². The van der Waals surface area contributed by atoms with Crippen LogP contribution in [-0.4, -0.2) is 25.2 Å². The van der Waals surface area contributed by atoms with Crippen molar-refractivity contribution in [3.8, 4) is 11.8 Å². The summed E-state index contributed by atoms with van der Waals surface area (Å²) in [6.07, 6.45) is -4.48. The molecule has 1 aromatic carbocycles. The standard InChI is InChI=1S/C15H17F3N4O2S/c1-9(22-14(25)21-8-23-2)5-13(20)24-12-4-3-10(7-19)6-11(12)15(16,17)18/h3-6,13H,8,20H2,1-2H3,(H2,21,22,25)/b9-5-. The number of allylic oxidation sites excluding steroid dienone is 1. The first-order valence-electron chi connectivity index (χ1n) is 6.93. The third kappa shape index (κ3) is 6.96. The maximum Gasteiger partial charge on any atom is 0.420 e. The molecular weight excluding hydrogens is 357 g/mol. The van der Waals surface area contributed by atoms with Gasteiger partial charge in [-0.15, -0.1) is 0 Å². The van der Waals surface area contributed by atoms with Crippen LogP contribution in [0.15, 0.2) is 30.0 Å². The van der Waals surface area contributed by atoms with Crippen molar-refractivity contribution in [2.24, 2.45) is 5.73 Å². The number of nitrogens with zero attached hydrogens (tertiary/aromatic N) is 1. The SMILES string of the molecule is COCNC(=S)N/C(C)=C\C(N)Oc1ccc(C#N)cc1C(F)(F)F. The van der Waals surface area contributed by atoms with E-state index in [4.69, 9.17) is 32.7 Å². The molecule has 0 aromatic heterocycles. The number of thiocarbonyl (C=S) groups is 1. The van der Waals surface area contributed by atoms with Crippen molar-refractivity contribution in [1.29, 1.82) is 5.26 Å². The monoisotopic (exact) mass is 374 g/mol. The molecule has 0 radical (unpaired) electrons. The van der Waals surface area contributed by atoms with Gasteiger partial charge in [0.15, 0.2) is 11.3 Å². The predicted octanol–water partition coefficient (Wildman–Crippen LogP) is 2.21. The first-order valence-corrected chi connectivity index (χ1v) is 7.34. The average Bonchev–Trinajstić information content (AvgIpc) is 2.51. The van der Waals surface area contributed by atoms with Crippen LogP contribution in [0, 0.1) is 11.3 Å². The molecule has 4 N–H and O–H groups in total. The van der Waals surface area contributed by atoms with Crippen molar-refractivity contribution >= 4 is 17.3 Å². The Kier molecular flexibility index (Phi) is 7.63. The fourth-order valence-electron chi connectivity index (χ4n) is 1.75. The Bertz CT molecular complexity index is 686. The zero-order valence-electron chi connectivity index (χ0n) is 13.5. The van der Waals surface area contributed by atoms with Crippen LogP contribution in [-0.2, 0) is 10.9 Å². The number of nitrogens with two attached hydrogens (primary N) is 1. The average molecular weight is 374 g/mol. The van der Waals surface area contributed by atoms with E-state index in [1.54, 1.807) is 13.0 Å². The molecular formula is C15H17F3N4O2S. The molecule has 0 saturated carbocycles. The Morgan fingerprint density at radius 1 is 1.48 bits per heavy atom. The van der Waals surface area contributed by atoms with Crippen LogP contribution in [0.1, 0.15) is 18.1 Å². The molecule has 136 valence electrons. The fraction of sp³-hybridized carbons (Fsp3) is 0.333. The first-order chi connectivity index (χ1) is 11.7. The van der Waals surface area contributed by atoms with Crippen molar-refractivity contribution in [1.82, 2.24) is 10.6 Å². The molecule has 1 unspecified atom stereocenters. The van der Waals surface area contributed by atoms with Crippen molar-refractivity contribution in [2.75, 3.05) is 13.8 Å². The van der Waals surface area contributed by atoms with Gasteiger partial charge in [-0.05, 0) is 43.4 Å². The van der Waals surface area contributed by atoms with Crippen LogP contribution in [0.25, 0.3) is 0 Å². The fourth-order valence-corrected chi connectivity index (χ4v) is 1.97. The number of nitriles is 1. The highest BCUT2D eigenvalue weighted by atomic mass is 32.1. The summed E-state index contributed by atoms with van der Waals surface area (Å²) in [5.41, 5.74) is 4.98. The first kappa shape index (κ1) is 20.7.